The van der Waals surface area contributed by atoms with Gasteiger partial charge in [0.2, 0.25) is 17.7 Å². The lowest BCUT2D eigenvalue weighted by Gasteiger charge is -2.42. The molecule has 20 heteroatoms. The Morgan fingerprint density at radius 3 is 2.43 bits per heavy atom. The van der Waals surface area contributed by atoms with Crippen LogP contribution in [-0.2, 0) is 16.6 Å². The zero-order valence-electron chi connectivity index (χ0n) is 42.5. The second-order valence-corrected chi connectivity index (χ2v) is 21.1. The Morgan fingerprint density at radius 1 is 0.960 bits per heavy atom. The van der Waals surface area contributed by atoms with Crippen LogP contribution in [0, 0.1) is 47.9 Å². The number of carbonyl (C=O) groups is 4. The molecular weight excluding hydrogens is 975 g/mol. The zero-order valence-corrected chi connectivity index (χ0v) is 42.5. The number of aromatic nitrogens is 2. The van der Waals surface area contributed by atoms with Crippen molar-refractivity contribution in [3.63, 3.8) is 0 Å². The van der Waals surface area contributed by atoms with E-state index in [0.717, 1.165) is 25.8 Å². The second kappa shape index (κ2) is 21.3. The first-order chi connectivity index (χ1) is 36.1. The van der Waals surface area contributed by atoms with Gasteiger partial charge in [-0.05, 0) is 120 Å². The van der Waals surface area contributed by atoms with E-state index in [9.17, 15) is 24.3 Å². The van der Waals surface area contributed by atoms with Crippen LogP contribution >= 0.6 is 0 Å². The van der Waals surface area contributed by atoms with E-state index >= 15 is 17.6 Å². The molecule has 6 N–H and O–H groups in total. The summed E-state index contributed by atoms with van der Waals surface area (Å²) in [5.74, 6) is -4.38. The predicted molar refractivity (Wildman–Crippen MR) is 272 cm³/mol. The third-order valence-electron chi connectivity index (χ3n) is 16.7. The Morgan fingerprint density at radius 2 is 1.73 bits per heavy atom. The van der Waals surface area contributed by atoms with Crippen LogP contribution in [0.25, 0.3) is 22.0 Å². The Labute approximate surface area is 432 Å². The van der Waals surface area contributed by atoms with Crippen molar-refractivity contribution in [3.05, 3.63) is 94.1 Å². The number of amides is 5. The van der Waals surface area contributed by atoms with Gasteiger partial charge in [-0.1, -0.05) is 24.3 Å². The number of aliphatic hydroxyl groups excluding tert-OH is 1. The van der Waals surface area contributed by atoms with Crippen molar-refractivity contribution in [2.45, 2.75) is 88.3 Å². The Hall–Kier alpha value is -6.35. The molecule has 1 aromatic heterocycles. The van der Waals surface area contributed by atoms with Crippen LogP contribution in [0.1, 0.15) is 96.8 Å². The number of hydrogen-bond acceptors (Lipinski definition) is 11. The second-order valence-electron chi connectivity index (χ2n) is 21.1. The topological polar surface area (TPSA) is 197 Å². The molecular formula is C55H65F4N9O7. The van der Waals surface area contributed by atoms with E-state index in [1.54, 1.807) is 14.1 Å². The molecule has 2 unspecified atom stereocenters. The average Bonchev–Trinajstić information content (AvgIpc) is 4.12. The Balaban J connectivity index is 0.762. The van der Waals surface area contributed by atoms with Crippen molar-refractivity contribution >= 4 is 40.5 Å². The molecule has 10 rings (SSSR count). The van der Waals surface area contributed by atoms with Gasteiger partial charge in [0.05, 0.1) is 23.6 Å². The maximum Gasteiger partial charge on any atom is 0.329 e. The number of ether oxygens (including phenoxy) is 2. The predicted octanol–water partition coefficient (Wildman–Crippen LogP) is 6.42. The molecule has 5 amide bonds. The molecule has 5 heterocycles. The highest BCUT2D eigenvalue weighted by atomic mass is 19.1. The monoisotopic (exact) mass is 1040 g/mol. The number of nitrogens with zero attached hydrogens (tertiary/aromatic N) is 5. The summed E-state index contributed by atoms with van der Waals surface area (Å²) in [5, 5.41) is 23.4. The molecule has 0 bridgehead atoms. The van der Waals surface area contributed by atoms with Gasteiger partial charge in [0.25, 0.3) is 0 Å². The highest BCUT2D eigenvalue weighted by Crippen LogP contribution is 2.54. The van der Waals surface area contributed by atoms with Crippen molar-refractivity contribution < 1.29 is 51.3 Å². The number of urea groups is 1. The van der Waals surface area contributed by atoms with E-state index in [-0.39, 0.29) is 118 Å². The van der Waals surface area contributed by atoms with Gasteiger partial charge in [0.1, 0.15) is 35.1 Å². The summed E-state index contributed by atoms with van der Waals surface area (Å²) in [6, 6.07) is 3.93. The largest absolute Gasteiger partial charge is 0.488 e. The minimum atomic E-state index is -1.04. The standard InChI is InChI=1S/C55H65F4N9O7/c1-30-38(56)26-41-46(43(30)45-36(51(60)71)13-14-40(47(45)58)74-24-23-69)50(61-2)55(75-41,34-7-5-4-6-8-34)29-62-35-11-9-33(10-12-35)53(72)67-21-15-31(28-67)27-66-19-16-32(17-20-66)44-39(57)25-37-49(48(44)59)65(3)64-52(37)68-22-18-42(70)63-54(68)73/h4-7,13-14,25-26,31-35,50,61-62,69H,8-12,15-24,27-29H2,1-3H3,(H2,60,71)(H,63,70,73)/t31-,33?,34?,35?,50?,55-/m1/s1. The maximum absolute atomic E-state index is 16.6. The number of nitrogens with two attached hydrogens (primary N) is 1. The molecule has 4 aromatic rings. The fraction of sp³-hybridized carbons (Fsp3) is 0.509. The maximum atomic E-state index is 16.6. The molecule has 3 aromatic carbocycles. The van der Waals surface area contributed by atoms with Gasteiger partial charge in [-0.15, -0.1) is 0 Å². The molecule has 0 spiro atoms. The fourth-order valence-corrected chi connectivity index (χ4v) is 12.9. The van der Waals surface area contributed by atoms with Gasteiger partial charge in [-0.25, -0.2) is 22.4 Å². The summed E-state index contributed by atoms with van der Waals surface area (Å²) in [5.41, 5.74) is 5.28. The number of piperidine rings is 1. The molecule has 4 aliphatic heterocycles. The van der Waals surface area contributed by atoms with Gasteiger partial charge in [0.15, 0.2) is 23.2 Å². The Kier molecular flexibility index (Phi) is 14.8. The number of aryl methyl sites for hydroxylation is 1. The highest BCUT2D eigenvalue weighted by Gasteiger charge is 2.54. The third-order valence-corrected chi connectivity index (χ3v) is 16.7. The number of imide groups is 1. The SMILES string of the molecule is CNC1c2c(cc(F)c(C)c2-c2c(C(N)=O)ccc(OCCO)c2F)O[C@]1(CNC1CCC(C(=O)N2CC[C@H](CN3CCC(c4c(F)cc5c(N6CCC(=O)NC6=O)nn(C)c5c4F)CC3)C2)CC1)C1C=CC=CC1. The smallest absolute Gasteiger partial charge is 0.329 e. The van der Waals surface area contributed by atoms with E-state index in [1.807, 2.05) is 23.1 Å². The first-order valence-corrected chi connectivity index (χ1v) is 26.2. The lowest BCUT2D eigenvalue weighted by atomic mass is 9.74. The summed E-state index contributed by atoms with van der Waals surface area (Å²) in [6.07, 6.45) is 13.6. The number of halogens is 4. The number of benzene rings is 3. The summed E-state index contributed by atoms with van der Waals surface area (Å²) < 4.78 is 78.7. The van der Waals surface area contributed by atoms with E-state index < -0.39 is 52.8 Å². The zero-order chi connectivity index (χ0) is 52.9. The number of rotatable bonds is 15. The van der Waals surface area contributed by atoms with Crippen molar-refractivity contribution in [1.82, 2.24) is 35.5 Å². The lowest BCUT2D eigenvalue weighted by Crippen LogP contribution is -2.57. The quantitative estimate of drug-likeness (QED) is 0.0825. The van der Waals surface area contributed by atoms with Crippen molar-refractivity contribution in [3.8, 4) is 22.6 Å². The number of fused-ring (bicyclic) bond motifs is 2. The number of primary amides is 1. The van der Waals surface area contributed by atoms with Gasteiger partial charge in [0, 0.05) is 86.8 Å². The average molecular weight is 1040 g/mol. The van der Waals surface area contributed by atoms with E-state index in [2.05, 4.69) is 32.0 Å². The fourth-order valence-electron chi connectivity index (χ4n) is 12.9. The molecule has 0 radical (unpaired) electrons. The number of hydrogen-bond donors (Lipinski definition) is 5. The van der Waals surface area contributed by atoms with E-state index in [1.165, 1.54) is 40.8 Å². The van der Waals surface area contributed by atoms with Gasteiger partial charge in [-0.2, -0.15) is 5.10 Å². The first kappa shape index (κ1) is 52.1. The summed E-state index contributed by atoms with van der Waals surface area (Å²) in [7, 11) is 3.33. The minimum Gasteiger partial charge on any atom is -0.488 e. The van der Waals surface area contributed by atoms with Gasteiger partial charge < -0.3 is 40.7 Å². The molecule has 4 atom stereocenters. The first-order valence-electron chi connectivity index (χ1n) is 26.2. The van der Waals surface area contributed by atoms with Crippen LogP contribution < -0.4 is 36.1 Å². The summed E-state index contributed by atoms with van der Waals surface area (Å²) >= 11 is 0. The molecule has 4 fully saturated rings. The number of nitrogens with one attached hydrogen (secondary N) is 3. The van der Waals surface area contributed by atoms with E-state index in [0.29, 0.717) is 70.4 Å². The van der Waals surface area contributed by atoms with Crippen LogP contribution in [0.2, 0.25) is 0 Å². The third kappa shape index (κ3) is 9.67. The minimum absolute atomic E-state index is 0.0279. The van der Waals surface area contributed by atoms with Crippen molar-refractivity contribution in [2.24, 2.45) is 30.5 Å². The number of carbonyl (C=O) groups excluding carboxylic acids is 4. The van der Waals surface area contributed by atoms with Gasteiger partial charge >= 0.3 is 6.03 Å². The molecule has 2 aliphatic carbocycles. The lowest BCUT2D eigenvalue weighted by molar-refractivity contribution is -0.135. The summed E-state index contributed by atoms with van der Waals surface area (Å²) in [4.78, 5) is 56.8. The molecule has 16 nitrogen and oxygen atoms in total. The number of likely N-dealkylation sites (N-methyl/N-ethyl adjacent to an activating group) is 1. The highest BCUT2D eigenvalue weighted by molar-refractivity contribution is 6.09. The van der Waals surface area contributed by atoms with Crippen LogP contribution in [0.3, 0.4) is 0 Å². The molecule has 6 aliphatic rings. The molecule has 3 saturated heterocycles. The number of anilines is 1. The molecule has 1 saturated carbocycles. The Bertz CT molecular complexity index is 2970. The number of aliphatic hydroxyl groups is 1. The summed E-state index contributed by atoms with van der Waals surface area (Å²) in [6.45, 7) is 4.77. The van der Waals surface area contributed by atoms with E-state index in [4.69, 9.17) is 15.2 Å². The van der Waals surface area contributed by atoms with Gasteiger partial charge in [-0.3, -0.25) is 29.3 Å². The van der Waals surface area contributed by atoms with Crippen LogP contribution in [-0.4, -0.2) is 126 Å². The van der Waals surface area contributed by atoms with Crippen LogP contribution in [0.15, 0.2) is 48.6 Å². The normalized spacial score (nSPS) is 25.3. The number of likely N-dealkylation sites (tertiary alicyclic amines) is 2. The van der Waals surface area contributed by atoms with Crippen molar-refractivity contribution in [2.75, 3.05) is 71.0 Å². The van der Waals surface area contributed by atoms with Crippen molar-refractivity contribution in [1.29, 1.82) is 0 Å². The molecule has 75 heavy (non-hydrogen) atoms. The molecule has 400 valence electrons. The van der Waals surface area contributed by atoms with Crippen LogP contribution in [0.4, 0.5) is 28.2 Å². The number of allylic oxidation sites excluding steroid dienone is 3. The van der Waals surface area contributed by atoms with Crippen LogP contribution in [0.5, 0.6) is 11.5 Å².